The van der Waals surface area contributed by atoms with Gasteiger partial charge in [-0.1, -0.05) is 18.9 Å². The fourth-order valence-corrected chi connectivity index (χ4v) is 6.05. The highest BCUT2D eigenvalue weighted by Crippen LogP contribution is 2.34. The van der Waals surface area contributed by atoms with Gasteiger partial charge in [-0.25, -0.2) is 17.9 Å². The van der Waals surface area contributed by atoms with E-state index in [0.29, 0.717) is 31.7 Å². The molecule has 2 aliphatic rings. The summed E-state index contributed by atoms with van der Waals surface area (Å²) >= 11 is 0. The Morgan fingerprint density at radius 2 is 1.79 bits per heavy atom. The molecule has 1 aliphatic heterocycles. The SMILES string of the molecule is COc1cccc(S(=O)(=O)N2CCC(c3nn(C)c(=O)n3C3CCCC3)CC2)c1. The Hall–Kier alpha value is -2.13. The summed E-state index contributed by atoms with van der Waals surface area (Å²) < 4.78 is 36.0. The number of methoxy groups -OCH3 is 1. The van der Waals surface area contributed by atoms with Gasteiger partial charge in [0.2, 0.25) is 10.0 Å². The van der Waals surface area contributed by atoms with Gasteiger partial charge >= 0.3 is 5.69 Å². The molecule has 29 heavy (non-hydrogen) atoms. The molecular weight excluding hydrogens is 392 g/mol. The standard InChI is InChI=1S/C20H28N4O4S/c1-22-20(25)24(16-6-3-4-7-16)19(21-22)15-10-12-23(13-11-15)29(26,27)18-9-5-8-17(14-18)28-2/h5,8-9,14-16H,3-4,6-7,10-13H2,1-2H3. The van der Waals surface area contributed by atoms with Gasteiger partial charge in [0.1, 0.15) is 11.6 Å². The van der Waals surface area contributed by atoms with Crippen molar-refractivity contribution in [3.8, 4) is 5.75 Å². The first kappa shape index (κ1) is 20.2. The van der Waals surface area contributed by atoms with Crippen molar-refractivity contribution in [3.05, 3.63) is 40.6 Å². The van der Waals surface area contributed by atoms with Gasteiger partial charge in [0.15, 0.2) is 0 Å². The summed E-state index contributed by atoms with van der Waals surface area (Å²) in [5, 5.41) is 4.53. The van der Waals surface area contributed by atoms with Crippen molar-refractivity contribution in [1.29, 1.82) is 0 Å². The second-order valence-electron chi connectivity index (χ2n) is 7.93. The van der Waals surface area contributed by atoms with Crippen LogP contribution in [-0.4, -0.2) is 47.3 Å². The number of ether oxygens (including phenoxy) is 1. The zero-order chi connectivity index (χ0) is 20.6. The summed E-state index contributed by atoms with van der Waals surface area (Å²) in [6, 6.07) is 6.80. The summed E-state index contributed by atoms with van der Waals surface area (Å²) in [6.07, 6.45) is 5.63. The fourth-order valence-electron chi connectivity index (χ4n) is 4.55. The van der Waals surface area contributed by atoms with Crippen LogP contribution in [-0.2, 0) is 17.1 Å². The van der Waals surface area contributed by atoms with Crippen LogP contribution in [0.3, 0.4) is 0 Å². The first-order chi connectivity index (χ1) is 13.9. The van der Waals surface area contributed by atoms with Gasteiger partial charge in [0, 0.05) is 38.2 Å². The van der Waals surface area contributed by atoms with Gasteiger partial charge in [-0.3, -0.25) is 4.57 Å². The predicted octanol–water partition coefficient (Wildman–Crippen LogP) is 2.27. The van der Waals surface area contributed by atoms with E-state index in [1.165, 1.54) is 16.1 Å². The number of aromatic nitrogens is 3. The molecule has 2 aromatic rings. The van der Waals surface area contributed by atoms with Crippen molar-refractivity contribution in [3.63, 3.8) is 0 Å². The molecule has 0 N–H and O–H groups in total. The van der Waals surface area contributed by atoms with Crippen LogP contribution in [0, 0.1) is 0 Å². The zero-order valence-corrected chi connectivity index (χ0v) is 17.8. The van der Waals surface area contributed by atoms with E-state index in [4.69, 9.17) is 4.74 Å². The summed E-state index contributed by atoms with van der Waals surface area (Å²) in [5.41, 5.74) is -0.0571. The topological polar surface area (TPSA) is 86.4 Å². The van der Waals surface area contributed by atoms with Gasteiger partial charge in [-0.15, -0.1) is 0 Å². The molecule has 8 nitrogen and oxygen atoms in total. The highest BCUT2D eigenvalue weighted by Gasteiger charge is 2.34. The number of hydrogen-bond donors (Lipinski definition) is 0. The maximum atomic E-state index is 13.0. The van der Waals surface area contributed by atoms with E-state index < -0.39 is 10.0 Å². The number of aryl methyl sites for hydroxylation is 1. The minimum absolute atomic E-state index is 0.0571. The Morgan fingerprint density at radius 1 is 1.10 bits per heavy atom. The van der Waals surface area contributed by atoms with E-state index in [1.54, 1.807) is 31.3 Å². The number of benzene rings is 1. The Bertz CT molecular complexity index is 1030. The summed E-state index contributed by atoms with van der Waals surface area (Å²) in [7, 11) is -0.354. The lowest BCUT2D eigenvalue weighted by atomic mass is 9.97. The normalized spacial score (nSPS) is 19.7. The van der Waals surface area contributed by atoms with Gasteiger partial charge < -0.3 is 4.74 Å². The van der Waals surface area contributed by atoms with Gasteiger partial charge in [0.05, 0.1) is 12.0 Å². The predicted molar refractivity (Wildman–Crippen MR) is 109 cm³/mol. The third-order valence-corrected chi connectivity index (χ3v) is 8.06. The van der Waals surface area contributed by atoms with Crippen LogP contribution in [0.15, 0.2) is 34.0 Å². The first-order valence-electron chi connectivity index (χ1n) is 10.2. The smallest absolute Gasteiger partial charge is 0.345 e. The fraction of sp³-hybridized carbons (Fsp3) is 0.600. The zero-order valence-electron chi connectivity index (χ0n) is 17.0. The molecule has 2 fully saturated rings. The average Bonchev–Trinajstić information content (AvgIpc) is 3.36. The third kappa shape index (κ3) is 3.73. The molecular formula is C20H28N4O4S. The van der Waals surface area contributed by atoms with Gasteiger partial charge in [-0.05, 0) is 37.8 Å². The lowest BCUT2D eigenvalue weighted by Crippen LogP contribution is -2.38. The van der Waals surface area contributed by atoms with Crippen LogP contribution in [0.5, 0.6) is 5.75 Å². The Morgan fingerprint density at radius 3 is 2.45 bits per heavy atom. The summed E-state index contributed by atoms with van der Waals surface area (Å²) in [6.45, 7) is 0.833. The monoisotopic (exact) mass is 420 g/mol. The van der Waals surface area contributed by atoms with E-state index in [2.05, 4.69) is 5.10 Å². The van der Waals surface area contributed by atoms with E-state index >= 15 is 0 Å². The minimum atomic E-state index is -3.57. The molecule has 0 atom stereocenters. The number of hydrogen-bond acceptors (Lipinski definition) is 5. The second-order valence-corrected chi connectivity index (χ2v) is 9.87. The van der Waals surface area contributed by atoms with Crippen LogP contribution >= 0.6 is 0 Å². The quantitative estimate of drug-likeness (QED) is 0.741. The molecule has 1 aromatic carbocycles. The van der Waals surface area contributed by atoms with E-state index in [-0.39, 0.29) is 22.5 Å². The van der Waals surface area contributed by atoms with E-state index in [1.807, 2.05) is 4.57 Å². The molecule has 0 radical (unpaired) electrons. The van der Waals surface area contributed by atoms with Crippen LogP contribution in [0.2, 0.25) is 0 Å². The number of rotatable bonds is 5. The second kappa shape index (κ2) is 7.95. The van der Waals surface area contributed by atoms with Crippen LogP contribution < -0.4 is 10.4 Å². The van der Waals surface area contributed by atoms with Crippen molar-refractivity contribution in [2.45, 2.75) is 55.4 Å². The van der Waals surface area contributed by atoms with E-state index in [0.717, 1.165) is 31.5 Å². The molecule has 0 bridgehead atoms. The molecule has 0 unspecified atom stereocenters. The maximum absolute atomic E-state index is 13.0. The molecule has 1 aliphatic carbocycles. The average molecular weight is 421 g/mol. The molecule has 1 aromatic heterocycles. The molecule has 0 spiro atoms. The number of piperidine rings is 1. The van der Waals surface area contributed by atoms with E-state index in [9.17, 15) is 13.2 Å². The molecule has 1 saturated carbocycles. The van der Waals surface area contributed by atoms with Crippen LogP contribution in [0.25, 0.3) is 0 Å². The van der Waals surface area contributed by atoms with Gasteiger partial charge in [-0.2, -0.15) is 9.40 Å². The highest BCUT2D eigenvalue weighted by atomic mass is 32.2. The maximum Gasteiger partial charge on any atom is 0.345 e. The third-order valence-electron chi connectivity index (χ3n) is 6.17. The van der Waals surface area contributed by atoms with Crippen molar-refractivity contribution < 1.29 is 13.2 Å². The lowest BCUT2D eigenvalue weighted by Gasteiger charge is -2.31. The summed E-state index contributed by atoms with van der Waals surface area (Å²) in [4.78, 5) is 12.9. The Labute approximate surface area is 171 Å². The highest BCUT2D eigenvalue weighted by molar-refractivity contribution is 7.89. The molecule has 158 valence electrons. The van der Waals surface area contributed by atoms with Crippen LogP contribution in [0.1, 0.15) is 56.3 Å². The molecule has 4 rings (SSSR count). The lowest BCUT2D eigenvalue weighted by molar-refractivity contribution is 0.304. The van der Waals surface area contributed by atoms with Crippen molar-refractivity contribution in [1.82, 2.24) is 18.7 Å². The first-order valence-corrected chi connectivity index (χ1v) is 11.7. The Kier molecular flexibility index (Phi) is 5.52. The van der Waals surface area contributed by atoms with Gasteiger partial charge in [0.25, 0.3) is 0 Å². The molecule has 9 heteroatoms. The number of nitrogens with zero attached hydrogens (tertiary/aromatic N) is 4. The summed E-state index contributed by atoms with van der Waals surface area (Å²) in [5.74, 6) is 1.44. The molecule has 0 amide bonds. The minimum Gasteiger partial charge on any atom is -0.497 e. The van der Waals surface area contributed by atoms with Crippen molar-refractivity contribution in [2.24, 2.45) is 7.05 Å². The van der Waals surface area contributed by atoms with Crippen molar-refractivity contribution in [2.75, 3.05) is 20.2 Å². The Balaban J connectivity index is 1.53. The number of sulfonamides is 1. The molecule has 1 saturated heterocycles. The van der Waals surface area contributed by atoms with Crippen LogP contribution in [0.4, 0.5) is 0 Å². The molecule has 2 heterocycles. The van der Waals surface area contributed by atoms with Crippen molar-refractivity contribution >= 4 is 10.0 Å². The largest absolute Gasteiger partial charge is 0.497 e.